The van der Waals surface area contributed by atoms with Crippen LogP contribution in [0.1, 0.15) is 31.9 Å². The summed E-state index contributed by atoms with van der Waals surface area (Å²) in [4.78, 5) is 24.1. The molecule has 0 aliphatic heterocycles. The molecule has 0 fully saturated rings. The number of esters is 1. The van der Waals surface area contributed by atoms with Crippen molar-refractivity contribution in [1.29, 1.82) is 0 Å². The Labute approximate surface area is 168 Å². The molecule has 0 spiro atoms. The number of benzene rings is 2. The fraction of sp³-hybridized carbons (Fsp3) is 0.300. The van der Waals surface area contributed by atoms with Crippen LogP contribution < -0.4 is 10.1 Å². The van der Waals surface area contributed by atoms with Gasteiger partial charge >= 0.3 is 5.97 Å². The first-order valence-electron chi connectivity index (χ1n) is 8.49. The Morgan fingerprint density at radius 2 is 1.78 bits per heavy atom. The van der Waals surface area contributed by atoms with Crippen molar-refractivity contribution in [3.05, 3.63) is 64.1 Å². The second-order valence-corrected chi connectivity index (χ2v) is 6.78. The maximum absolute atomic E-state index is 12.2. The topological polar surface area (TPSA) is 64.6 Å². The monoisotopic (exact) mass is 409 g/mol. The Balaban J connectivity index is 1.77. The number of halogens is 2. The van der Waals surface area contributed by atoms with E-state index in [1.54, 1.807) is 37.3 Å². The lowest BCUT2D eigenvalue weighted by atomic mass is 10.1. The summed E-state index contributed by atoms with van der Waals surface area (Å²) in [5, 5.41) is 3.74. The summed E-state index contributed by atoms with van der Waals surface area (Å²) in [5.41, 5.74) is 0.726. The van der Waals surface area contributed by atoms with Gasteiger partial charge in [-0.25, -0.2) is 0 Å². The van der Waals surface area contributed by atoms with E-state index in [1.807, 2.05) is 18.2 Å². The Morgan fingerprint density at radius 1 is 1.07 bits per heavy atom. The number of carbonyl (C=O) groups is 2. The second kappa shape index (κ2) is 10.2. The molecular formula is C20H21Cl2NO4. The number of rotatable bonds is 8. The molecule has 27 heavy (non-hydrogen) atoms. The van der Waals surface area contributed by atoms with Crippen LogP contribution in [0.25, 0.3) is 0 Å². The molecule has 1 amide bonds. The van der Waals surface area contributed by atoms with Crippen molar-refractivity contribution < 1.29 is 19.1 Å². The van der Waals surface area contributed by atoms with Gasteiger partial charge in [0.05, 0.1) is 19.1 Å². The molecule has 2 aromatic carbocycles. The molecule has 0 saturated heterocycles. The standard InChI is InChI=1S/C20H21Cl2NO4/c1-13(17-9-8-15(21)12-18(17)22)23-20(25)14(2)27-19(24)10-11-26-16-6-4-3-5-7-16/h3-9,12-14H,10-11H2,1-2H3,(H,23,25)/t13-,14+/m0/s1. The van der Waals surface area contributed by atoms with Crippen LogP contribution in [0.4, 0.5) is 0 Å². The first kappa shape index (κ1) is 21.1. The van der Waals surface area contributed by atoms with Crippen LogP contribution in [-0.4, -0.2) is 24.6 Å². The molecule has 0 aliphatic rings. The van der Waals surface area contributed by atoms with E-state index in [-0.39, 0.29) is 19.1 Å². The molecule has 1 N–H and O–H groups in total. The average molecular weight is 410 g/mol. The van der Waals surface area contributed by atoms with Gasteiger partial charge in [-0.15, -0.1) is 0 Å². The molecule has 0 aromatic heterocycles. The second-order valence-electron chi connectivity index (χ2n) is 5.94. The minimum absolute atomic E-state index is 0.0467. The van der Waals surface area contributed by atoms with Crippen LogP contribution in [-0.2, 0) is 14.3 Å². The number of ether oxygens (including phenoxy) is 2. The van der Waals surface area contributed by atoms with Gasteiger partial charge in [-0.05, 0) is 43.7 Å². The number of para-hydroxylation sites is 1. The molecule has 0 radical (unpaired) electrons. The van der Waals surface area contributed by atoms with Crippen LogP contribution in [0.3, 0.4) is 0 Å². The van der Waals surface area contributed by atoms with Gasteiger partial charge in [-0.3, -0.25) is 9.59 Å². The molecule has 0 unspecified atom stereocenters. The zero-order valence-corrected chi connectivity index (χ0v) is 16.6. The third-order valence-electron chi connectivity index (χ3n) is 3.78. The van der Waals surface area contributed by atoms with Gasteiger partial charge in [0.1, 0.15) is 5.75 Å². The third-order valence-corrected chi connectivity index (χ3v) is 4.35. The van der Waals surface area contributed by atoms with Crippen molar-refractivity contribution in [2.24, 2.45) is 0 Å². The predicted octanol–water partition coefficient (Wildman–Crippen LogP) is 4.57. The summed E-state index contributed by atoms with van der Waals surface area (Å²) in [6.07, 6.45) is -0.881. The zero-order chi connectivity index (χ0) is 19.8. The Kier molecular flexibility index (Phi) is 7.95. The summed E-state index contributed by atoms with van der Waals surface area (Å²) >= 11 is 12.0. The smallest absolute Gasteiger partial charge is 0.310 e. The predicted molar refractivity (Wildman–Crippen MR) is 105 cm³/mol. The summed E-state index contributed by atoms with van der Waals surface area (Å²) < 4.78 is 10.6. The highest BCUT2D eigenvalue weighted by Gasteiger charge is 2.21. The quantitative estimate of drug-likeness (QED) is 0.648. The van der Waals surface area contributed by atoms with Crippen molar-refractivity contribution in [2.45, 2.75) is 32.4 Å². The van der Waals surface area contributed by atoms with Crippen molar-refractivity contribution in [3.8, 4) is 5.75 Å². The van der Waals surface area contributed by atoms with Crippen molar-refractivity contribution in [3.63, 3.8) is 0 Å². The molecule has 2 atom stereocenters. The van der Waals surface area contributed by atoms with Crippen LogP contribution >= 0.6 is 23.2 Å². The molecule has 2 rings (SSSR count). The van der Waals surface area contributed by atoms with E-state index in [0.717, 1.165) is 5.56 Å². The van der Waals surface area contributed by atoms with E-state index >= 15 is 0 Å². The number of carbonyl (C=O) groups excluding carboxylic acids is 2. The molecule has 2 aromatic rings. The Morgan fingerprint density at radius 3 is 2.44 bits per heavy atom. The number of nitrogens with one attached hydrogen (secondary N) is 1. The lowest BCUT2D eigenvalue weighted by Crippen LogP contribution is -2.37. The fourth-order valence-corrected chi connectivity index (χ4v) is 2.91. The van der Waals surface area contributed by atoms with Gasteiger partial charge in [-0.2, -0.15) is 0 Å². The molecule has 0 aliphatic carbocycles. The van der Waals surface area contributed by atoms with Gasteiger partial charge < -0.3 is 14.8 Å². The third kappa shape index (κ3) is 6.77. The average Bonchev–Trinajstić information content (AvgIpc) is 2.62. The van der Waals surface area contributed by atoms with E-state index < -0.39 is 18.0 Å². The largest absolute Gasteiger partial charge is 0.493 e. The highest BCUT2D eigenvalue weighted by Crippen LogP contribution is 2.26. The van der Waals surface area contributed by atoms with Gasteiger partial charge in [0.25, 0.3) is 5.91 Å². The van der Waals surface area contributed by atoms with Crippen LogP contribution in [0, 0.1) is 0 Å². The highest BCUT2D eigenvalue weighted by molar-refractivity contribution is 6.35. The number of hydrogen-bond donors (Lipinski definition) is 1. The minimum Gasteiger partial charge on any atom is -0.493 e. The molecule has 0 heterocycles. The van der Waals surface area contributed by atoms with E-state index in [2.05, 4.69) is 5.32 Å². The van der Waals surface area contributed by atoms with Crippen molar-refractivity contribution >= 4 is 35.1 Å². The normalized spacial score (nSPS) is 12.7. The van der Waals surface area contributed by atoms with E-state index in [9.17, 15) is 9.59 Å². The number of amides is 1. The van der Waals surface area contributed by atoms with Gasteiger partial charge in [0, 0.05) is 10.0 Å². The van der Waals surface area contributed by atoms with Crippen LogP contribution in [0.5, 0.6) is 5.75 Å². The van der Waals surface area contributed by atoms with Gasteiger partial charge in [0.15, 0.2) is 6.10 Å². The Bertz CT molecular complexity index is 783. The maximum Gasteiger partial charge on any atom is 0.310 e. The molecular weight excluding hydrogens is 389 g/mol. The summed E-state index contributed by atoms with van der Waals surface area (Å²) in [6, 6.07) is 13.8. The summed E-state index contributed by atoms with van der Waals surface area (Å²) in [7, 11) is 0. The Hall–Kier alpha value is -2.24. The SMILES string of the molecule is C[C@H](NC(=O)[C@@H](C)OC(=O)CCOc1ccccc1)c1ccc(Cl)cc1Cl. The molecule has 7 heteroatoms. The summed E-state index contributed by atoms with van der Waals surface area (Å²) in [6.45, 7) is 3.48. The molecule has 5 nitrogen and oxygen atoms in total. The molecule has 0 bridgehead atoms. The highest BCUT2D eigenvalue weighted by atomic mass is 35.5. The van der Waals surface area contributed by atoms with Gasteiger partial charge in [-0.1, -0.05) is 47.5 Å². The lowest BCUT2D eigenvalue weighted by Gasteiger charge is -2.19. The minimum atomic E-state index is -0.928. The van der Waals surface area contributed by atoms with Gasteiger partial charge in [0.2, 0.25) is 0 Å². The molecule has 144 valence electrons. The maximum atomic E-state index is 12.2. The first-order valence-corrected chi connectivity index (χ1v) is 9.25. The fourth-order valence-electron chi connectivity index (χ4n) is 2.34. The first-order chi connectivity index (χ1) is 12.9. The van der Waals surface area contributed by atoms with E-state index in [0.29, 0.717) is 15.8 Å². The summed E-state index contributed by atoms with van der Waals surface area (Å²) in [5.74, 6) is -0.249. The number of hydrogen-bond acceptors (Lipinski definition) is 4. The zero-order valence-electron chi connectivity index (χ0n) is 15.1. The lowest BCUT2D eigenvalue weighted by molar-refractivity contribution is -0.155. The van der Waals surface area contributed by atoms with E-state index in [1.165, 1.54) is 6.92 Å². The van der Waals surface area contributed by atoms with Crippen molar-refractivity contribution in [2.75, 3.05) is 6.61 Å². The van der Waals surface area contributed by atoms with Crippen molar-refractivity contribution in [1.82, 2.24) is 5.32 Å². The van der Waals surface area contributed by atoms with Crippen LogP contribution in [0.15, 0.2) is 48.5 Å². The van der Waals surface area contributed by atoms with E-state index in [4.69, 9.17) is 32.7 Å². The molecule has 0 saturated carbocycles. The van der Waals surface area contributed by atoms with Crippen LogP contribution in [0.2, 0.25) is 10.0 Å².